The van der Waals surface area contributed by atoms with E-state index < -0.39 is 10.5 Å². The summed E-state index contributed by atoms with van der Waals surface area (Å²) in [7, 11) is 0. The van der Waals surface area contributed by atoms with Gasteiger partial charge >= 0.3 is 0 Å². The van der Waals surface area contributed by atoms with Crippen molar-refractivity contribution >= 4 is 5.69 Å². The van der Waals surface area contributed by atoms with Crippen LogP contribution in [0.2, 0.25) is 0 Å². The van der Waals surface area contributed by atoms with E-state index in [1.54, 1.807) is 12.1 Å². The number of benzene rings is 2. The highest BCUT2D eigenvalue weighted by Crippen LogP contribution is 2.45. The van der Waals surface area contributed by atoms with Crippen LogP contribution < -0.4 is 9.47 Å². The Hall–Kier alpha value is -2.76. The molecule has 2 aromatic rings. The summed E-state index contributed by atoms with van der Waals surface area (Å²) in [4.78, 5) is 10.4. The van der Waals surface area contributed by atoms with E-state index in [9.17, 15) is 15.2 Å². The lowest BCUT2D eigenvalue weighted by Gasteiger charge is -2.41. The molecule has 0 saturated heterocycles. The zero-order valence-corrected chi connectivity index (χ0v) is 17.7. The van der Waals surface area contributed by atoms with Crippen molar-refractivity contribution in [3.05, 3.63) is 56.6 Å². The van der Waals surface area contributed by atoms with E-state index in [-0.39, 0.29) is 5.69 Å². The van der Waals surface area contributed by atoms with Crippen LogP contribution in [-0.2, 0) is 6.42 Å². The van der Waals surface area contributed by atoms with E-state index in [0.29, 0.717) is 24.0 Å². The van der Waals surface area contributed by atoms with Gasteiger partial charge in [-0.3, -0.25) is 10.1 Å². The molecule has 6 heteroatoms. The molecule has 0 aliphatic carbocycles. The molecule has 1 N–H and O–H groups in total. The first kappa shape index (κ1) is 21.0. The number of aromatic hydroxyl groups is 1. The summed E-state index contributed by atoms with van der Waals surface area (Å²) in [5, 5.41) is 21.2. The highest BCUT2D eigenvalue weighted by atomic mass is 16.6. The first-order chi connectivity index (χ1) is 13.6. The zero-order valence-electron chi connectivity index (χ0n) is 17.7. The number of ether oxygens (including phenoxy) is 2. The first-order valence-corrected chi connectivity index (χ1v) is 10.0. The van der Waals surface area contributed by atoms with Gasteiger partial charge in [-0.2, -0.15) is 0 Å². The highest BCUT2D eigenvalue weighted by Gasteiger charge is 2.40. The van der Waals surface area contributed by atoms with E-state index in [1.807, 2.05) is 20.8 Å². The lowest BCUT2D eigenvalue weighted by Crippen LogP contribution is -2.46. The Balaban J connectivity index is 1.88. The maximum atomic E-state index is 10.8. The molecule has 1 heterocycles. The molecular weight excluding hydrogens is 370 g/mol. The summed E-state index contributed by atoms with van der Waals surface area (Å²) in [6.45, 7) is 10.5. The van der Waals surface area contributed by atoms with Gasteiger partial charge in [-0.1, -0.05) is 13.8 Å². The van der Waals surface area contributed by atoms with Crippen molar-refractivity contribution in [2.45, 2.75) is 59.5 Å². The molecule has 0 radical (unpaired) electrons. The Bertz CT molecular complexity index is 920. The molecule has 2 aromatic carbocycles. The number of nitro groups is 1. The summed E-state index contributed by atoms with van der Waals surface area (Å²) in [5.74, 6) is 2.21. The molecule has 156 valence electrons. The van der Waals surface area contributed by atoms with Gasteiger partial charge in [0.2, 0.25) is 0 Å². The quantitative estimate of drug-likeness (QED) is 0.518. The fourth-order valence-corrected chi connectivity index (χ4v) is 4.16. The third-order valence-electron chi connectivity index (χ3n) is 5.82. The second-order valence-electron chi connectivity index (χ2n) is 8.45. The predicted octanol–water partition coefficient (Wildman–Crippen LogP) is 5.41. The molecule has 0 saturated carbocycles. The van der Waals surface area contributed by atoms with Crippen LogP contribution in [0.25, 0.3) is 0 Å². The maximum Gasteiger partial charge on any atom is 0.269 e. The predicted molar refractivity (Wildman–Crippen MR) is 112 cm³/mol. The fraction of sp³-hybridized carbons (Fsp3) is 0.478. The van der Waals surface area contributed by atoms with Crippen LogP contribution in [-0.4, -0.2) is 22.2 Å². The van der Waals surface area contributed by atoms with Gasteiger partial charge in [-0.15, -0.1) is 0 Å². The minimum Gasteiger partial charge on any atom is -0.507 e. The zero-order chi connectivity index (χ0) is 21.3. The Kier molecular flexibility index (Phi) is 5.73. The molecule has 0 aromatic heterocycles. The molecule has 0 spiro atoms. The van der Waals surface area contributed by atoms with Crippen molar-refractivity contribution in [3.8, 4) is 17.2 Å². The normalized spacial score (nSPS) is 18.3. The molecule has 6 nitrogen and oxygen atoms in total. The average Bonchev–Trinajstić information content (AvgIpc) is 2.69. The van der Waals surface area contributed by atoms with Crippen molar-refractivity contribution in [2.24, 2.45) is 5.92 Å². The lowest BCUT2D eigenvalue weighted by molar-refractivity contribution is -0.384. The van der Waals surface area contributed by atoms with Crippen molar-refractivity contribution in [1.29, 1.82) is 0 Å². The number of non-ortho nitro benzene ring substituents is 1. The SMILES string of the molecule is Cc1c(C)c2c(c(C)c1O)CCC(COc1ccc([N+](=O)[O-])cc1)(CC(C)C)O2. The van der Waals surface area contributed by atoms with Crippen molar-refractivity contribution < 1.29 is 19.5 Å². The topological polar surface area (TPSA) is 81.8 Å². The number of rotatable bonds is 6. The van der Waals surface area contributed by atoms with E-state index in [4.69, 9.17) is 9.47 Å². The van der Waals surface area contributed by atoms with Gasteiger partial charge in [0.1, 0.15) is 29.5 Å². The minimum atomic E-state index is -0.483. The van der Waals surface area contributed by atoms with Crippen molar-refractivity contribution in [2.75, 3.05) is 6.61 Å². The molecule has 1 atom stereocenters. The largest absolute Gasteiger partial charge is 0.507 e. The van der Waals surface area contributed by atoms with E-state index in [1.165, 1.54) is 12.1 Å². The van der Waals surface area contributed by atoms with Crippen LogP contribution in [0.3, 0.4) is 0 Å². The summed E-state index contributed by atoms with van der Waals surface area (Å²) >= 11 is 0. The second-order valence-corrected chi connectivity index (χ2v) is 8.45. The number of hydrogen-bond donors (Lipinski definition) is 1. The molecule has 1 unspecified atom stereocenters. The van der Waals surface area contributed by atoms with Gasteiger partial charge in [0, 0.05) is 17.7 Å². The highest BCUT2D eigenvalue weighted by molar-refractivity contribution is 5.58. The Morgan fingerprint density at radius 1 is 1.17 bits per heavy atom. The third-order valence-corrected chi connectivity index (χ3v) is 5.82. The Labute approximate surface area is 171 Å². The van der Waals surface area contributed by atoms with Crippen molar-refractivity contribution in [3.63, 3.8) is 0 Å². The van der Waals surface area contributed by atoms with Crippen LogP contribution >= 0.6 is 0 Å². The number of nitrogens with zero attached hydrogens (tertiary/aromatic N) is 1. The fourth-order valence-electron chi connectivity index (χ4n) is 4.16. The molecule has 0 fully saturated rings. The van der Waals surface area contributed by atoms with Crippen LogP contribution in [0, 0.1) is 36.8 Å². The summed E-state index contributed by atoms with van der Waals surface area (Å²) in [5.41, 5.74) is 3.32. The minimum absolute atomic E-state index is 0.0403. The molecule has 1 aliphatic heterocycles. The van der Waals surface area contributed by atoms with Gasteiger partial charge in [-0.25, -0.2) is 0 Å². The van der Waals surface area contributed by atoms with Gasteiger partial charge in [-0.05, 0) is 74.8 Å². The molecule has 0 bridgehead atoms. The van der Waals surface area contributed by atoms with Gasteiger partial charge < -0.3 is 14.6 Å². The van der Waals surface area contributed by atoms with E-state index >= 15 is 0 Å². The van der Waals surface area contributed by atoms with Gasteiger partial charge in [0.15, 0.2) is 0 Å². The molecule has 0 amide bonds. The van der Waals surface area contributed by atoms with Crippen LogP contribution in [0.1, 0.15) is 48.9 Å². The number of phenolic OH excluding ortho intramolecular Hbond substituents is 1. The monoisotopic (exact) mass is 399 g/mol. The summed E-state index contributed by atoms with van der Waals surface area (Å²) in [6, 6.07) is 6.13. The standard InChI is InChI=1S/C23H29NO5/c1-14(2)12-23(13-28-19-8-6-18(7-9-19)24(26)27)11-10-20-17(5)21(25)15(3)16(4)22(20)29-23/h6-9,14,25H,10-13H2,1-5H3. The van der Waals surface area contributed by atoms with Crippen molar-refractivity contribution in [1.82, 2.24) is 0 Å². The Morgan fingerprint density at radius 3 is 2.41 bits per heavy atom. The number of hydrogen-bond acceptors (Lipinski definition) is 5. The lowest BCUT2D eigenvalue weighted by atomic mass is 9.82. The number of phenols is 1. The molecule has 1 aliphatic rings. The average molecular weight is 399 g/mol. The molecular formula is C23H29NO5. The molecule has 3 rings (SSSR count). The summed E-state index contributed by atoms with van der Waals surface area (Å²) < 4.78 is 12.6. The maximum absolute atomic E-state index is 10.8. The number of nitro benzene ring substituents is 1. The van der Waals surface area contributed by atoms with Gasteiger partial charge in [0.25, 0.3) is 5.69 Å². The van der Waals surface area contributed by atoms with Gasteiger partial charge in [0.05, 0.1) is 4.92 Å². The van der Waals surface area contributed by atoms with Crippen LogP contribution in [0.15, 0.2) is 24.3 Å². The molecule has 29 heavy (non-hydrogen) atoms. The summed E-state index contributed by atoms with van der Waals surface area (Å²) in [6.07, 6.45) is 2.43. The first-order valence-electron chi connectivity index (χ1n) is 10.0. The third kappa shape index (κ3) is 4.16. The van der Waals surface area contributed by atoms with Crippen LogP contribution in [0.5, 0.6) is 17.2 Å². The smallest absolute Gasteiger partial charge is 0.269 e. The Morgan fingerprint density at radius 2 is 1.83 bits per heavy atom. The van der Waals surface area contributed by atoms with Crippen LogP contribution in [0.4, 0.5) is 5.69 Å². The second kappa shape index (κ2) is 7.93. The van der Waals surface area contributed by atoms with E-state index in [0.717, 1.165) is 47.3 Å². The van der Waals surface area contributed by atoms with E-state index in [2.05, 4.69) is 13.8 Å². The number of fused-ring (bicyclic) bond motifs is 1.